The van der Waals surface area contributed by atoms with E-state index in [1.54, 1.807) is 0 Å². The van der Waals surface area contributed by atoms with E-state index in [0.717, 1.165) is 18.8 Å². The zero-order valence-electron chi connectivity index (χ0n) is 11.6. The van der Waals surface area contributed by atoms with E-state index >= 15 is 0 Å². The largest absolute Gasteiger partial charge is 0.480 e. The first-order chi connectivity index (χ1) is 8.67. The maximum Gasteiger partial charge on any atom is 0.317 e. The van der Waals surface area contributed by atoms with Gasteiger partial charge in [0.05, 0.1) is 6.54 Å². The molecule has 0 aromatic rings. The van der Waals surface area contributed by atoms with Crippen LogP contribution in [0.5, 0.6) is 0 Å². The van der Waals surface area contributed by atoms with E-state index in [0.29, 0.717) is 12.6 Å². The molecule has 0 heterocycles. The summed E-state index contributed by atoms with van der Waals surface area (Å²) in [5.74, 6) is 0.126. The lowest BCUT2D eigenvalue weighted by molar-refractivity contribution is -0.138. The molecule has 1 fully saturated rings. The minimum Gasteiger partial charge on any atom is -0.480 e. The molecule has 2 atom stereocenters. The van der Waals surface area contributed by atoms with Crippen molar-refractivity contribution in [3.63, 3.8) is 0 Å². The molecule has 0 amide bonds. The van der Waals surface area contributed by atoms with Gasteiger partial charge in [0.2, 0.25) is 0 Å². The van der Waals surface area contributed by atoms with Gasteiger partial charge in [0, 0.05) is 12.6 Å². The summed E-state index contributed by atoms with van der Waals surface area (Å²) in [6.45, 7) is 6.82. The fraction of sp³-hybridized carbons (Fsp3) is 0.800. The molecule has 1 aliphatic carbocycles. The summed E-state index contributed by atoms with van der Waals surface area (Å²) in [6.07, 6.45) is 10.5. The number of carboxylic acids is 1. The molecule has 18 heavy (non-hydrogen) atoms. The van der Waals surface area contributed by atoms with Gasteiger partial charge in [-0.3, -0.25) is 9.69 Å². The Labute approximate surface area is 111 Å². The van der Waals surface area contributed by atoms with Crippen LogP contribution in [0.4, 0.5) is 0 Å². The summed E-state index contributed by atoms with van der Waals surface area (Å²) >= 11 is 0. The topological polar surface area (TPSA) is 40.5 Å². The molecule has 1 aliphatic rings. The van der Waals surface area contributed by atoms with E-state index in [1.807, 2.05) is 6.08 Å². The summed E-state index contributed by atoms with van der Waals surface area (Å²) in [7, 11) is 0. The minimum atomic E-state index is -0.730. The second-order valence-corrected chi connectivity index (χ2v) is 5.43. The predicted octanol–water partition coefficient (Wildman–Crippen LogP) is 3.31. The van der Waals surface area contributed by atoms with Gasteiger partial charge >= 0.3 is 5.97 Å². The third-order valence-corrected chi connectivity index (χ3v) is 3.97. The number of carbonyl (C=O) groups is 1. The van der Waals surface area contributed by atoms with Crippen LogP contribution in [0.2, 0.25) is 0 Å². The summed E-state index contributed by atoms with van der Waals surface area (Å²) in [4.78, 5) is 13.0. The van der Waals surface area contributed by atoms with E-state index < -0.39 is 5.97 Å². The molecule has 0 radical (unpaired) electrons. The van der Waals surface area contributed by atoms with Crippen molar-refractivity contribution in [2.45, 2.75) is 57.9 Å². The van der Waals surface area contributed by atoms with Crippen molar-refractivity contribution in [2.75, 3.05) is 13.1 Å². The van der Waals surface area contributed by atoms with Crippen LogP contribution in [0.3, 0.4) is 0 Å². The van der Waals surface area contributed by atoms with Crippen molar-refractivity contribution in [2.24, 2.45) is 5.92 Å². The van der Waals surface area contributed by atoms with E-state index in [1.165, 1.54) is 32.1 Å². The lowest BCUT2D eigenvalue weighted by atomic mass is 9.95. The Balaban J connectivity index is 2.51. The highest BCUT2D eigenvalue weighted by atomic mass is 16.4. The fourth-order valence-corrected chi connectivity index (χ4v) is 3.10. The molecule has 0 aromatic carbocycles. The average Bonchev–Trinajstić information content (AvgIpc) is 2.54. The lowest BCUT2D eigenvalue weighted by Crippen LogP contribution is -2.39. The van der Waals surface area contributed by atoms with Gasteiger partial charge in [-0.05, 0) is 25.2 Å². The molecule has 0 bridgehead atoms. The Kier molecular flexibility index (Phi) is 7.02. The number of rotatable bonds is 7. The predicted molar refractivity (Wildman–Crippen MR) is 74.7 cm³/mol. The molecule has 1 rings (SSSR count). The van der Waals surface area contributed by atoms with E-state index in [9.17, 15) is 4.79 Å². The SMILES string of the molecule is C=CCN(CC(=O)O)C1CCCC(CCC)CC1. The van der Waals surface area contributed by atoms with Crippen LogP contribution in [0.15, 0.2) is 12.7 Å². The minimum absolute atomic E-state index is 0.148. The third kappa shape index (κ3) is 5.21. The zero-order chi connectivity index (χ0) is 13.4. The van der Waals surface area contributed by atoms with Crippen molar-refractivity contribution in [3.8, 4) is 0 Å². The van der Waals surface area contributed by atoms with Gasteiger partial charge in [0.25, 0.3) is 0 Å². The van der Waals surface area contributed by atoms with Crippen molar-refractivity contribution in [1.29, 1.82) is 0 Å². The van der Waals surface area contributed by atoms with Crippen molar-refractivity contribution in [1.82, 2.24) is 4.90 Å². The zero-order valence-corrected chi connectivity index (χ0v) is 11.6. The van der Waals surface area contributed by atoms with E-state index in [-0.39, 0.29) is 6.54 Å². The molecule has 0 spiro atoms. The van der Waals surface area contributed by atoms with Gasteiger partial charge < -0.3 is 5.11 Å². The fourth-order valence-electron chi connectivity index (χ4n) is 3.10. The second-order valence-electron chi connectivity index (χ2n) is 5.43. The summed E-state index contributed by atoms with van der Waals surface area (Å²) in [6, 6.07) is 0.431. The van der Waals surface area contributed by atoms with Gasteiger partial charge in [0.1, 0.15) is 0 Å². The average molecular weight is 253 g/mol. The Bertz CT molecular complexity index is 265. The maximum atomic E-state index is 10.9. The first-order valence-corrected chi connectivity index (χ1v) is 7.24. The quantitative estimate of drug-likeness (QED) is 0.559. The summed E-state index contributed by atoms with van der Waals surface area (Å²) in [5.41, 5.74) is 0. The molecule has 3 nitrogen and oxygen atoms in total. The van der Waals surface area contributed by atoms with E-state index in [2.05, 4.69) is 18.4 Å². The molecular formula is C15H27NO2. The molecule has 1 N–H and O–H groups in total. The lowest BCUT2D eigenvalue weighted by Gasteiger charge is -2.28. The number of nitrogens with zero attached hydrogens (tertiary/aromatic N) is 1. The van der Waals surface area contributed by atoms with Gasteiger partial charge in [-0.1, -0.05) is 38.7 Å². The van der Waals surface area contributed by atoms with Crippen molar-refractivity contribution < 1.29 is 9.90 Å². The van der Waals surface area contributed by atoms with E-state index in [4.69, 9.17) is 5.11 Å². The first kappa shape index (κ1) is 15.2. The Hall–Kier alpha value is -0.830. The van der Waals surface area contributed by atoms with Gasteiger partial charge in [0.15, 0.2) is 0 Å². The number of carboxylic acid groups (broad SMARTS) is 1. The molecular weight excluding hydrogens is 226 g/mol. The van der Waals surface area contributed by atoms with Crippen LogP contribution < -0.4 is 0 Å². The van der Waals surface area contributed by atoms with Gasteiger partial charge in [-0.15, -0.1) is 6.58 Å². The highest BCUT2D eigenvalue weighted by molar-refractivity contribution is 5.69. The molecule has 1 saturated carbocycles. The number of hydrogen-bond donors (Lipinski definition) is 1. The number of hydrogen-bond acceptors (Lipinski definition) is 2. The summed E-state index contributed by atoms with van der Waals surface area (Å²) in [5, 5.41) is 8.97. The smallest absolute Gasteiger partial charge is 0.317 e. The second kappa shape index (κ2) is 8.30. The molecule has 3 heteroatoms. The molecule has 0 aliphatic heterocycles. The number of aliphatic carboxylic acids is 1. The molecule has 2 unspecified atom stereocenters. The Morgan fingerprint density at radius 3 is 2.78 bits per heavy atom. The van der Waals surface area contributed by atoms with Crippen molar-refractivity contribution >= 4 is 5.97 Å². The summed E-state index contributed by atoms with van der Waals surface area (Å²) < 4.78 is 0. The van der Waals surface area contributed by atoms with Gasteiger partial charge in [-0.25, -0.2) is 0 Å². The third-order valence-electron chi connectivity index (χ3n) is 3.97. The Morgan fingerprint density at radius 2 is 2.17 bits per heavy atom. The maximum absolute atomic E-state index is 10.9. The highest BCUT2D eigenvalue weighted by Crippen LogP contribution is 2.29. The molecule has 0 aromatic heterocycles. The van der Waals surface area contributed by atoms with Crippen LogP contribution >= 0.6 is 0 Å². The highest BCUT2D eigenvalue weighted by Gasteiger charge is 2.24. The normalized spacial score (nSPS) is 24.8. The van der Waals surface area contributed by atoms with Crippen LogP contribution in [-0.2, 0) is 4.79 Å². The molecule has 0 saturated heterocycles. The molecule has 104 valence electrons. The van der Waals surface area contributed by atoms with Crippen LogP contribution in [0.1, 0.15) is 51.9 Å². The van der Waals surface area contributed by atoms with Crippen LogP contribution in [0, 0.1) is 5.92 Å². The standard InChI is InChI=1S/C15H27NO2/c1-3-6-13-7-5-8-14(10-9-13)16(11-4-2)12-15(17)18/h4,13-14H,2-3,5-12H2,1H3,(H,17,18). The van der Waals surface area contributed by atoms with Crippen molar-refractivity contribution in [3.05, 3.63) is 12.7 Å². The van der Waals surface area contributed by atoms with Crippen LogP contribution in [0.25, 0.3) is 0 Å². The van der Waals surface area contributed by atoms with Gasteiger partial charge in [-0.2, -0.15) is 0 Å². The monoisotopic (exact) mass is 253 g/mol. The first-order valence-electron chi connectivity index (χ1n) is 7.24. The van der Waals surface area contributed by atoms with Crippen LogP contribution in [-0.4, -0.2) is 35.1 Å². The Morgan fingerprint density at radius 1 is 1.39 bits per heavy atom.